The minimum absolute atomic E-state index is 0.0142. The average Bonchev–Trinajstić information content (AvgIpc) is 3.09. The number of nitrogens with one attached hydrogen (secondary N) is 1. The molecule has 3 heterocycles. The van der Waals surface area contributed by atoms with E-state index in [-0.39, 0.29) is 24.5 Å². The lowest BCUT2D eigenvalue weighted by Crippen LogP contribution is -2.29. The lowest BCUT2D eigenvalue weighted by molar-refractivity contribution is 0.0256. The first-order valence-corrected chi connectivity index (χ1v) is 7.10. The Morgan fingerprint density at radius 3 is 2.96 bits per heavy atom. The smallest absolute Gasteiger partial charge is 0.277 e. The fraction of sp³-hybridized carbons (Fsp3) is 0.286. The van der Waals surface area contributed by atoms with Gasteiger partial charge in [-0.2, -0.15) is 0 Å². The van der Waals surface area contributed by atoms with E-state index >= 15 is 0 Å². The maximum absolute atomic E-state index is 13.4. The number of halogens is 2. The highest BCUT2D eigenvalue weighted by molar-refractivity contribution is 5.94. The van der Waals surface area contributed by atoms with Crippen LogP contribution in [0.4, 0.5) is 14.6 Å². The molecule has 0 radical (unpaired) electrons. The standard InChI is InChI=1S/C14H15F2N7O/c1-18-7-10(17)20-13(24)9-6-19-11-2-3-12(21-23(9)11)22-5-4-14(15,16)8-22/h2-3,6-7H,1,4-5,8,17H2,(H,20,24)/b10-7+. The molecule has 126 valence electrons. The van der Waals surface area contributed by atoms with Crippen molar-refractivity contribution in [2.45, 2.75) is 12.3 Å². The summed E-state index contributed by atoms with van der Waals surface area (Å²) in [4.78, 5) is 21.2. The van der Waals surface area contributed by atoms with Gasteiger partial charge in [0.2, 0.25) is 0 Å². The second-order valence-electron chi connectivity index (χ2n) is 5.35. The third-order valence-electron chi connectivity index (χ3n) is 3.56. The van der Waals surface area contributed by atoms with Crippen molar-refractivity contribution in [3.8, 4) is 0 Å². The fourth-order valence-corrected chi connectivity index (χ4v) is 2.44. The lowest BCUT2D eigenvalue weighted by atomic mass is 10.3. The van der Waals surface area contributed by atoms with Crippen LogP contribution >= 0.6 is 0 Å². The van der Waals surface area contributed by atoms with Crippen LogP contribution in [0.5, 0.6) is 0 Å². The van der Waals surface area contributed by atoms with E-state index < -0.39 is 18.4 Å². The molecule has 0 atom stereocenters. The number of hydrogen-bond donors (Lipinski definition) is 2. The Labute approximate surface area is 135 Å². The maximum atomic E-state index is 13.4. The molecule has 1 amide bonds. The van der Waals surface area contributed by atoms with Crippen LogP contribution in [0.25, 0.3) is 5.65 Å². The summed E-state index contributed by atoms with van der Waals surface area (Å²) in [6.07, 6.45) is 2.29. The fourth-order valence-electron chi connectivity index (χ4n) is 2.44. The van der Waals surface area contributed by atoms with Gasteiger partial charge in [-0.25, -0.2) is 18.3 Å². The first-order chi connectivity index (χ1) is 11.4. The Morgan fingerprint density at radius 1 is 1.50 bits per heavy atom. The number of imidazole rings is 1. The molecule has 1 fully saturated rings. The number of nitrogens with zero attached hydrogens (tertiary/aromatic N) is 5. The number of alkyl halides is 2. The van der Waals surface area contributed by atoms with Crippen LogP contribution in [0.1, 0.15) is 16.9 Å². The van der Waals surface area contributed by atoms with E-state index in [0.717, 1.165) is 0 Å². The number of hydrogen-bond acceptors (Lipinski definition) is 6. The maximum Gasteiger partial charge on any atom is 0.277 e. The minimum atomic E-state index is -2.73. The van der Waals surface area contributed by atoms with Gasteiger partial charge in [-0.05, 0) is 18.9 Å². The van der Waals surface area contributed by atoms with E-state index in [4.69, 9.17) is 5.73 Å². The van der Waals surface area contributed by atoms with Crippen LogP contribution in [0.3, 0.4) is 0 Å². The molecule has 0 saturated carbocycles. The molecule has 1 aliphatic rings. The quantitative estimate of drug-likeness (QED) is 0.804. The number of aliphatic imine (C=N–C) groups is 1. The van der Waals surface area contributed by atoms with E-state index in [1.54, 1.807) is 12.1 Å². The topological polar surface area (TPSA) is 101 Å². The molecular weight excluding hydrogens is 320 g/mol. The average molecular weight is 335 g/mol. The van der Waals surface area contributed by atoms with Crippen LogP contribution in [-0.2, 0) is 0 Å². The largest absolute Gasteiger partial charge is 0.384 e. The molecule has 10 heteroatoms. The zero-order chi connectivity index (χ0) is 17.3. The van der Waals surface area contributed by atoms with Crippen LogP contribution in [-0.4, -0.2) is 46.2 Å². The van der Waals surface area contributed by atoms with Crippen molar-refractivity contribution in [3.05, 3.63) is 36.0 Å². The molecule has 3 rings (SSSR count). The predicted molar refractivity (Wildman–Crippen MR) is 84.0 cm³/mol. The van der Waals surface area contributed by atoms with Crippen molar-refractivity contribution in [3.63, 3.8) is 0 Å². The van der Waals surface area contributed by atoms with E-state index in [0.29, 0.717) is 11.5 Å². The summed E-state index contributed by atoms with van der Waals surface area (Å²) in [7, 11) is 0. The summed E-state index contributed by atoms with van der Waals surface area (Å²) < 4.78 is 28.0. The predicted octanol–water partition coefficient (Wildman–Crippen LogP) is 0.763. The van der Waals surface area contributed by atoms with Crippen molar-refractivity contribution < 1.29 is 13.6 Å². The molecule has 8 nitrogen and oxygen atoms in total. The van der Waals surface area contributed by atoms with Gasteiger partial charge in [0.05, 0.1) is 18.9 Å². The van der Waals surface area contributed by atoms with E-state index in [9.17, 15) is 13.6 Å². The monoisotopic (exact) mass is 335 g/mol. The van der Waals surface area contributed by atoms with Gasteiger partial charge in [-0.1, -0.05) is 0 Å². The molecule has 3 N–H and O–H groups in total. The van der Waals surface area contributed by atoms with Gasteiger partial charge in [0, 0.05) is 13.0 Å². The highest BCUT2D eigenvalue weighted by Crippen LogP contribution is 2.29. The van der Waals surface area contributed by atoms with Gasteiger partial charge >= 0.3 is 0 Å². The molecule has 2 aromatic rings. The van der Waals surface area contributed by atoms with E-state index in [1.165, 1.54) is 21.8 Å². The van der Waals surface area contributed by atoms with Gasteiger partial charge < -0.3 is 16.0 Å². The van der Waals surface area contributed by atoms with Crippen molar-refractivity contribution >= 4 is 24.1 Å². The molecule has 1 saturated heterocycles. The van der Waals surface area contributed by atoms with Gasteiger partial charge in [-0.3, -0.25) is 9.79 Å². The molecule has 24 heavy (non-hydrogen) atoms. The molecular formula is C14H15F2N7O. The first-order valence-electron chi connectivity index (χ1n) is 7.10. The number of amides is 1. The number of aromatic nitrogens is 3. The molecule has 0 bridgehead atoms. The number of carbonyl (C=O) groups excluding carboxylic acids is 1. The normalized spacial score (nSPS) is 17.2. The molecule has 0 aromatic carbocycles. The molecule has 2 aromatic heterocycles. The minimum Gasteiger partial charge on any atom is -0.384 e. The third kappa shape index (κ3) is 3.03. The van der Waals surface area contributed by atoms with Crippen molar-refractivity contribution in [2.75, 3.05) is 18.0 Å². The van der Waals surface area contributed by atoms with Crippen LogP contribution in [0.15, 0.2) is 35.3 Å². The Balaban J connectivity index is 1.90. The van der Waals surface area contributed by atoms with Crippen LogP contribution in [0, 0.1) is 0 Å². The summed E-state index contributed by atoms with van der Waals surface area (Å²) in [6, 6.07) is 3.21. The van der Waals surface area contributed by atoms with Gasteiger partial charge in [0.15, 0.2) is 11.3 Å². The molecule has 0 unspecified atom stereocenters. The third-order valence-corrected chi connectivity index (χ3v) is 3.56. The summed E-state index contributed by atoms with van der Waals surface area (Å²) in [5.74, 6) is -2.91. The van der Waals surface area contributed by atoms with Crippen molar-refractivity contribution in [1.82, 2.24) is 19.9 Å². The second kappa shape index (κ2) is 5.87. The summed E-state index contributed by atoms with van der Waals surface area (Å²) in [5, 5.41) is 6.66. The van der Waals surface area contributed by atoms with Gasteiger partial charge in [-0.15, -0.1) is 5.10 Å². The number of rotatable bonds is 4. The van der Waals surface area contributed by atoms with E-state index in [2.05, 4.69) is 27.1 Å². The molecule has 1 aliphatic heterocycles. The van der Waals surface area contributed by atoms with Crippen molar-refractivity contribution in [2.24, 2.45) is 10.7 Å². The van der Waals surface area contributed by atoms with Gasteiger partial charge in [0.25, 0.3) is 11.8 Å². The second-order valence-corrected chi connectivity index (χ2v) is 5.35. The SMILES string of the molecule is C=N/C=C(\N)NC(=O)c1cnc2ccc(N3CCC(F)(F)C3)nn12. The summed E-state index contributed by atoms with van der Waals surface area (Å²) >= 11 is 0. The van der Waals surface area contributed by atoms with Crippen LogP contribution in [0.2, 0.25) is 0 Å². The Hall–Kier alpha value is -3.04. The highest BCUT2D eigenvalue weighted by atomic mass is 19.3. The number of carbonyl (C=O) groups is 1. The molecule has 0 aliphatic carbocycles. The zero-order valence-corrected chi connectivity index (χ0v) is 12.6. The number of anilines is 1. The van der Waals surface area contributed by atoms with Gasteiger partial charge in [0.1, 0.15) is 11.6 Å². The summed E-state index contributed by atoms with van der Waals surface area (Å²) in [6.45, 7) is 3.03. The van der Waals surface area contributed by atoms with Crippen molar-refractivity contribution in [1.29, 1.82) is 0 Å². The zero-order valence-electron chi connectivity index (χ0n) is 12.6. The first kappa shape index (κ1) is 15.8. The summed E-state index contributed by atoms with van der Waals surface area (Å²) in [5.41, 5.74) is 6.09. The number of fused-ring (bicyclic) bond motifs is 1. The Bertz CT molecular complexity index is 830. The lowest BCUT2D eigenvalue weighted by Gasteiger charge is -2.17. The molecule has 0 spiro atoms. The van der Waals surface area contributed by atoms with Crippen LogP contribution < -0.4 is 16.0 Å². The van der Waals surface area contributed by atoms with E-state index in [1.807, 2.05) is 0 Å². The Kier molecular flexibility index (Phi) is 3.87. The number of nitrogens with two attached hydrogens (primary N) is 1. The highest BCUT2D eigenvalue weighted by Gasteiger charge is 2.38. The Morgan fingerprint density at radius 2 is 2.29 bits per heavy atom.